The van der Waals surface area contributed by atoms with Crippen molar-refractivity contribution < 1.29 is 8.78 Å². The van der Waals surface area contributed by atoms with Gasteiger partial charge in [0.05, 0.1) is 34.8 Å². The second kappa shape index (κ2) is 8.77. The van der Waals surface area contributed by atoms with E-state index in [1.54, 1.807) is 29.7 Å². The van der Waals surface area contributed by atoms with Gasteiger partial charge in [0, 0.05) is 60.8 Å². The first kappa shape index (κ1) is 22.6. The molecule has 1 saturated heterocycles. The number of fused-ring (bicyclic) bond motifs is 2. The van der Waals surface area contributed by atoms with Gasteiger partial charge in [-0.2, -0.15) is 5.10 Å². The normalized spacial score (nSPS) is 15.5. The van der Waals surface area contributed by atoms with E-state index in [4.69, 9.17) is 4.98 Å². The van der Waals surface area contributed by atoms with Gasteiger partial charge in [-0.3, -0.25) is 25.0 Å². The number of alkyl halides is 2. The molecule has 1 aliphatic heterocycles. The first-order valence-electron chi connectivity index (χ1n) is 12.3. The molecule has 6 aromatic heterocycles. The molecule has 0 aromatic carbocycles. The number of nitrogens with one attached hydrogen (secondary N) is 2. The van der Waals surface area contributed by atoms with Crippen molar-refractivity contribution in [2.75, 3.05) is 13.1 Å². The highest BCUT2D eigenvalue weighted by molar-refractivity contribution is 5.98. The van der Waals surface area contributed by atoms with E-state index in [0.29, 0.717) is 24.3 Å². The summed E-state index contributed by atoms with van der Waals surface area (Å²) in [7, 11) is 0. The molecule has 0 amide bonds. The minimum atomic E-state index is -2.62. The zero-order valence-electron chi connectivity index (χ0n) is 20.2. The number of nitrogens with zero attached hydrogens (tertiary/aromatic N) is 6. The maximum absolute atomic E-state index is 13.6. The molecule has 7 heterocycles. The molecule has 0 saturated carbocycles. The quantitative estimate of drug-likeness (QED) is 0.321. The lowest BCUT2D eigenvalue weighted by Crippen LogP contribution is -2.24. The van der Waals surface area contributed by atoms with E-state index in [1.165, 1.54) is 0 Å². The standard InChI is InChI=1S/C28H22F2N8/c29-28(30)7-10-38(16-28)15-17-11-18(14-31-13-17)20-4-5-23-26(35-20)27(37-36-23)24-12-19-21(34-24)6-9-33-25(19)22-3-1-2-8-32-22/h1-6,8-9,11-14,34H,7,10,15-16H2,(H,36,37). The number of halogens is 2. The predicted molar refractivity (Wildman–Crippen MR) is 140 cm³/mol. The van der Waals surface area contributed by atoms with E-state index >= 15 is 0 Å². The van der Waals surface area contributed by atoms with Crippen LogP contribution in [0.1, 0.15) is 12.0 Å². The van der Waals surface area contributed by atoms with E-state index in [9.17, 15) is 8.78 Å². The van der Waals surface area contributed by atoms with E-state index in [2.05, 4.69) is 30.1 Å². The van der Waals surface area contributed by atoms with Crippen molar-refractivity contribution in [3.63, 3.8) is 0 Å². The number of pyridine rings is 4. The Kier molecular flexibility index (Phi) is 5.22. The van der Waals surface area contributed by atoms with Crippen molar-refractivity contribution in [3.05, 3.63) is 78.9 Å². The third kappa shape index (κ3) is 4.08. The van der Waals surface area contributed by atoms with Crippen LogP contribution >= 0.6 is 0 Å². The van der Waals surface area contributed by atoms with Gasteiger partial charge < -0.3 is 4.98 Å². The van der Waals surface area contributed by atoms with Gasteiger partial charge in [0.1, 0.15) is 11.2 Å². The molecule has 0 radical (unpaired) electrons. The van der Waals surface area contributed by atoms with Gasteiger partial charge in [0.15, 0.2) is 0 Å². The molecule has 0 spiro atoms. The monoisotopic (exact) mass is 508 g/mol. The smallest absolute Gasteiger partial charge is 0.261 e. The first-order valence-corrected chi connectivity index (χ1v) is 12.3. The van der Waals surface area contributed by atoms with E-state index in [-0.39, 0.29) is 13.0 Å². The van der Waals surface area contributed by atoms with E-state index in [0.717, 1.165) is 50.3 Å². The molecule has 188 valence electrons. The third-order valence-electron chi connectivity index (χ3n) is 6.86. The minimum Gasteiger partial charge on any atom is -0.353 e. The molecule has 8 nitrogen and oxygen atoms in total. The minimum absolute atomic E-state index is 0.102. The Morgan fingerprint density at radius 1 is 0.921 bits per heavy atom. The van der Waals surface area contributed by atoms with Gasteiger partial charge in [0.2, 0.25) is 0 Å². The Labute approximate surface area is 215 Å². The molecule has 0 unspecified atom stereocenters. The van der Waals surface area contributed by atoms with Gasteiger partial charge in [-0.25, -0.2) is 13.8 Å². The summed E-state index contributed by atoms with van der Waals surface area (Å²) in [6.45, 7) is 0.584. The maximum Gasteiger partial charge on any atom is 0.261 e. The van der Waals surface area contributed by atoms with Crippen molar-refractivity contribution in [1.29, 1.82) is 0 Å². The van der Waals surface area contributed by atoms with Crippen molar-refractivity contribution in [2.24, 2.45) is 0 Å². The van der Waals surface area contributed by atoms with Crippen molar-refractivity contribution in [1.82, 2.24) is 40.0 Å². The Hall–Kier alpha value is -4.57. The average Bonchev–Trinajstić information content (AvgIpc) is 3.64. The van der Waals surface area contributed by atoms with Crippen molar-refractivity contribution in [2.45, 2.75) is 18.9 Å². The van der Waals surface area contributed by atoms with Crippen molar-refractivity contribution in [3.8, 4) is 34.0 Å². The largest absolute Gasteiger partial charge is 0.353 e. The molecule has 38 heavy (non-hydrogen) atoms. The van der Waals surface area contributed by atoms with Crippen LogP contribution in [0.15, 0.2) is 73.3 Å². The summed E-state index contributed by atoms with van der Waals surface area (Å²) in [4.78, 5) is 23.5. The number of likely N-dealkylation sites (tertiary alicyclic amines) is 1. The number of H-pyrrole nitrogens is 2. The third-order valence-corrected chi connectivity index (χ3v) is 6.86. The van der Waals surface area contributed by atoms with Crippen LogP contribution in [0.3, 0.4) is 0 Å². The van der Waals surface area contributed by atoms with Crippen LogP contribution in [0.4, 0.5) is 8.78 Å². The van der Waals surface area contributed by atoms with Crippen LogP contribution in [0.5, 0.6) is 0 Å². The highest BCUT2D eigenvalue weighted by Crippen LogP contribution is 2.33. The number of aromatic amines is 2. The van der Waals surface area contributed by atoms with Crippen LogP contribution in [-0.4, -0.2) is 59.0 Å². The molecular weight excluding hydrogens is 486 g/mol. The fraction of sp³-hybridized carbons (Fsp3) is 0.179. The number of rotatable bonds is 5. The van der Waals surface area contributed by atoms with Crippen molar-refractivity contribution >= 4 is 21.9 Å². The van der Waals surface area contributed by atoms with Crippen LogP contribution in [0.25, 0.3) is 56.0 Å². The molecule has 0 atom stereocenters. The first-order chi connectivity index (χ1) is 18.5. The van der Waals surface area contributed by atoms with Gasteiger partial charge in [-0.1, -0.05) is 6.07 Å². The molecule has 0 aliphatic carbocycles. The van der Waals surface area contributed by atoms with Crippen LogP contribution in [-0.2, 0) is 6.54 Å². The Morgan fingerprint density at radius 3 is 2.71 bits per heavy atom. The maximum atomic E-state index is 13.6. The zero-order valence-corrected chi connectivity index (χ0v) is 20.2. The summed E-state index contributed by atoms with van der Waals surface area (Å²) >= 11 is 0. The summed E-state index contributed by atoms with van der Waals surface area (Å²) in [6.07, 6.45) is 6.87. The number of hydrogen-bond acceptors (Lipinski definition) is 6. The lowest BCUT2D eigenvalue weighted by atomic mass is 10.1. The lowest BCUT2D eigenvalue weighted by Gasteiger charge is -2.15. The van der Waals surface area contributed by atoms with E-state index < -0.39 is 5.92 Å². The second-order valence-electron chi connectivity index (χ2n) is 9.58. The Bertz CT molecular complexity index is 1780. The van der Waals surface area contributed by atoms with Gasteiger partial charge in [-0.05, 0) is 48.0 Å². The highest BCUT2D eigenvalue weighted by Gasteiger charge is 2.37. The Morgan fingerprint density at radius 2 is 1.87 bits per heavy atom. The molecule has 1 fully saturated rings. The summed E-state index contributed by atoms with van der Waals surface area (Å²) in [5, 5.41) is 8.56. The summed E-state index contributed by atoms with van der Waals surface area (Å²) in [6, 6.07) is 15.5. The van der Waals surface area contributed by atoms with Crippen LogP contribution in [0.2, 0.25) is 0 Å². The number of hydrogen-bond donors (Lipinski definition) is 2. The fourth-order valence-electron chi connectivity index (χ4n) is 5.05. The van der Waals surface area contributed by atoms with E-state index in [1.807, 2.05) is 48.5 Å². The summed E-state index contributed by atoms with van der Waals surface area (Å²) < 4.78 is 27.3. The van der Waals surface area contributed by atoms with Gasteiger partial charge in [-0.15, -0.1) is 0 Å². The lowest BCUT2D eigenvalue weighted by molar-refractivity contribution is 0.0115. The van der Waals surface area contributed by atoms with Crippen LogP contribution < -0.4 is 0 Å². The molecule has 1 aliphatic rings. The molecule has 10 heteroatoms. The van der Waals surface area contributed by atoms with Gasteiger partial charge in [0.25, 0.3) is 5.92 Å². The second-order valence-corrected chi connectivity index (χ2v) is 9.58. The Balaban J connectivity index is 1.24. The van der Waals surface area contributed by atoms with Crippen LogP contribution in [0, 0.1) is 0 Å². The molecular formula is C28H22F2N8. The highest BCUT2D eigenvalue weighted by atomic mass is 19.3. The topological polar surface area (TPSA) is 99.3 Å². The number of aromatic nitrogens is 7. The predicted octanol–water partition coefficient (Wildman–Crippen LogP) is 5.47. The fourth-order valence-corrected chi connectivity index (χ4v) is 5.05. The summed E-state index contributed by atoms with van der Waals surface area (Å²) in [5.41, 5.74) is 7.94. The molecule has 0 bridgehead atoms. The SMILES string of the molecule is FC1(F)CCN(Cc2cncc(-c3ccc4[nH]nc(-c5cc6c(-c7ccccn7)nccc6[nH]5)c4n3)c2)C1. The molecule has 6 aromatic rings. The average molecular weight is 509 g/mol. The zero-order chi connectivity index (χ0) is 25.7. The molecule has 7 rings (SSSR count). The molecule has 2 N–H and O–H groups in total. The van der Waals surface area contributed by atoms with Gasteiger partial charge >= 0.3 is 0 Å². The summed E-state index contributed by atoms with van der Waals surface area (Å²) in [5.74, 6) is -2.62.